The minimum atomic E-state index is 0.160. The first kappa shape index (κ1) is 12.8. The van der Waals surface area contributed by atoms with E-state index >= 15 is 0 Å². The number of aryl methyl sites for hydroxylation is 1. The van der Waals surface area contributed by atoms with Crippen molar-refractivity contribution < 1.29 is 9.15 Å². The summed E-state index contributed by atoms with van der Waals surface area (Å²) in [6.45, 7) is 3.63. The van der Waals surface area contributed by atoms with Crippen LogP contribution in [-0.2, 0) is 11.3 Å². The molecule has 19 heavy (non-hydrogen) atoms. The highest BCUT2D eigenvalue weighted by Gasteiger charge is 2.36. The van der Waals surface area contributed by atoms with Crippen LogP contribution in [0.15, 0.2) is 21.9 Å². The summed E-state index contributed by atoms with van der Waals surface area (Å²) in [5.74, 6) is 1.32. The molecule has 0 aliphatic carbocycles. The van der Waals surface area contributed by atoms with Gasteiger partial charge in [-0.05, 0) is 17.9 Å². The second kappa shape index (κ2) is 5.40. The van der Waals surface area contributed by atoms with Crippen LogP contribution >= 0.6 is 11.3 Å². The zero-order chi connectivity index (χ0) is 13.2. The largest absolute Gasteiger partial charge is 0.424 e. The fourth-order valence-corrected chi connectivity index (χ4v) is 3.24. The van der Waals surface area contributed by atoms with E-state index in [-0.39, 0.29) is 12.1 Å². The Bertz CT molecular complexity index is 526. The molecular formula is C13H17N3O2S. The third-order valence-electron chi connectivity index (χ3n) is 3.46. The van der Waals surface area contributed by atoms with Gasteiger partial charge in [-0.15, -0.1) is 21.5 Å². The first-order valence-electron chi connectivity index (χ1n) is 6.35. The fourth-order valence-electron chi connectivity index (χ4n) is 2.51. The molecule has 5 nitrogen and oxygen atoms in total. The SMILES string of the molecule is CO[C@@H]1C[C@H](c2nnc(C)o2)N(Cc2cccs2)C1. The Hall–Kier alpha value is -1.24. The number of hydrogen-bond acceptors (Lipinski definition) is 6. The van der Waals surface area contributed by atoms with Gasteiger partial charge in [-0.1, -0.05) is 6.07 Å². The van der Waals surface area contributed by atoms with Gasteiger partial charge in [0.25, 0.3) is 0 Å². The maximum atomic E-state index is 5.59. The summed E-state index contributed by atoms with van der Waals surface area (Å²) in [7, 11) is 1.76. The van der Waals surface area contributed by atoms with Crippen molar-refractivity contribution in [1.29, 1.82) is 0 Å². The zero-order valence-corrected chi connectivity index (χ0v) is 11.9. The molecule has 0 N–H and O–H groups in total. The number of hydrogen-bond donors (Lipinski definition) is 0. The molecule has 0 unspecified atom stereocenters. The molecule has 0 amide bonds. The van der Waals surface area contributed by atoms with Crippen LogP contribution in [0.3, 0.4) is 0 Å². The number of ether oxygens (including phenoxy) is 1. The summed E-state index contributed by atoms with van der Waals surface area (Å²) in [5.41, 5.74) is 0. The number of nitrogens with zero attached hydrogens (tertiary/aromatic N) is 3. The van der Waals surface area contributed by atoms with Gasteiger partial charge in [0.2, 0.25) is 11.8 Å². The third kappa shape index (κ3) is 2.70. The van der Waals surface area contributed by atoms with Gasteiger partial charge in [-0.25, -0.2) is 0 Å². The molecule has 1 saturated heterocycles. The van der Waals surface area contributed by atoms with Crippen molar-refractivity contribution in [3.63, 3.8) is 0 Å². The van der Waals surface area contributed by atoms with Gasteiger partial charge in [0.05, 0.1) is 12.1 Å². The van der Waals surface area contributed by atoms with Crippen molar-refractivity contribution in [2.45, 2.75) is 32.0 Å². The summed E-state index contributed by atoms with van der Waals surface area (Å²) in [5, 5.41) is 10.2. The number of thiophene rings is 1. The molecule has 102 valence electrons. The second-order valence-corrected chi connectivity index (χ2v) is 5.81. The topological polar surface area (TPSA) is 51.4 Å². The third-order valence-corrected chi connectivity index (χ3v) is 4.33. The summed E-state index contributed by atoms with van der Waals surface area (Å²) in [6.07, 6.45) is 1.14. The highest BCUT2D eigenvalue weighted by atomic mass is 32.1. The maximum absolute atomic E-state index is 5.59. The number of rotatable bonds is 4. The second-order valence-electron chi connectivity index (χ2n) is 4.78. The van der Waals surface area contributed by atoms with Crippen LogP contribution in [0.5, 0.6) is 0 Å². The van der Waals surface area contributed by atoms with Crippen LogP contribution in [0, 0.1) is 6.92 Å². The molecule has 0 radical (unpaired) electrons. The van der Waals surface area contributed by atoms with Crippen molar-refractivity contribution in [3.8, 4) is 0 Å². The molecule has 0 aromatic carbocycles. The summed E-state index contributed by atoms with van der Waals surface area (Å²) in [4.78, 5) is 3.70. The van der Waals surface area contributed by atoms with Crippen molar-refractivity contribution in [3.05, 3.63) is 34.2 Å². The average Bonchev–Trinajstić information content (AvgIpc) is 3.10. The Morgan fingerprint density at radius 2 is 2.42 bits per heavy atom. The Labute approximate surface area is 116 Å². The minimum absolute atomic E-state index is 0.160. The van der Waals surface area contributed by atoms with Crippen LogP contribution in [0.1, 0.15) is 29.1 Å². The van der Waals surface area contributed by atoms with Gasteiger partial charge >= 0.3 is 0 Å². The smallest absolute Gasteiger partial charge is 0.233 e. The van der Waals surface area contributed by atoms with Crippen molar-refractivity contribution in [2.75, 3.05) is 13.7 Å². The van der Waals surface area contributed by atoms with E-state index in [0.717, 1.165) is 19.5 Å². The van der Waals surface area contributed by atoms with E-state index in [9.17, 15) is 0 Å². The lowest BCUT2D eigenvalue weighted by atomic mass is 10.2. The molecule has 1 fully saturated rings. The molecule has 3 rings (SSSR count). The van der Waals surface area contributed by atoms with E-state index in [4.69, 9.17) is 9.15 Å². The molecule has 6 heteroatoms. The van der Waals surface area contributed by atoms with Crippen molar-refractivity contribution >= 4 is 11.3 Å². The standard InChI is InChI=1S/C13H17N3O2S/c1-9-14-15-13(18-9)12-6-10(17-2)7-16(12)8-11-4-3-5-19-11/h3-5,10,12H,6-8H2,1-2H3/t10-,12-/m1/s1. The van der Waals surface area contributed by atoms with E-state index < -0.39 is 0 Å². The van der Waals surface area contributed by atoms with Gasteiger partial charge in [0.1, 0.15) is 0 Å². The molecule has 2 aromatic rings. The maximum Gasteiger partial charge on any atom is 0.233 e. The van der Waals surface area contributed by atoms with E-state index in [1.54, 1.807) is 18.4 Å². The predicted octanol–water partition coefficient (Wildman–Crippen LogP) is 2.40. The van der Waals surface area contributed by atoms with Crippen molar-refractivity contribution in [1.82, 2.24) is 15.1 Å². The molecular weight excluding hydrogens is 262 g/mol. The lowest BCUT2D eigenvalue weighted by Gasteiger charge is -2.20. The van der Waals surface area contributed by atoms with Crippen LogP contribution in [0.4, 0.5) is 0 Å². The summed E-state index contributed by atoms with van der Waals surface area (Å²) < 4.78 is 11.1. The van der Waals surface area contributed by atoms with E-state index in [1.165, 1.54) is 4.88 Å². The highest BCUT2D eigenvalue weighted by molar-refractivity contribution is 7.09. The minimum Gasteiger partial charge on any atom is -0.424 e. The van der Waals surface area contributed by atoms with Crippen LogP contribution in [-0.4, -0.2) is 34.9 Å². The Balaban J connectivity index is 1.79. The van der Waals surface area contributed by atoms with Gasteiger partial charge in [-0.2, -0.15) is 0 Å². The normalized spacial score (nSPS) is 24.1. The molecule has 0 bridgehead atoms. The molecule has 0 saturated carbocycles. The number of likely N-dealkylation sites (tertiary alicyclic amines) is 1. The quantitative estimate of drug-likeness (QED) is 0.860. The van der Waals surface area contributed by atoms with Gasteiger partial charge in [-0.3, -0.25) is 4.90 Å². The molecule has 2 atom stereocenters. The average molecular weight is 279 g/mol. The Morgan fingerprint density at radius 1 is 1.53 bits per heavy atom. The predicted molar refractivity (Wildman–Crippen MR) is 71.9 cm³/mol. The first-order chi connectivity index (χ1) is 9.26. The summed E-state index contributed by atoms with van der Waals surface area (Å²) >= 11 is 1.77. The van der Waals surface area contributed by atoms with E-state index in [0.29, 0.717) is 11.8 Å². The number of methoxy groups -OCH3 is 1. The zero-order valence-electron chi connectivity index (χ0n) is 11.1. The van der Waals surface area contributed by atoms with E-state index in [2.05, 4.69) is 32.6 Å². The van der Waals surface area contributed by atoms with E-state index in [1.807, 2.05) is 6.92 Å². The van der Waals surface area contributed by atoms with Crippen LogP contribution in [0.25, 0.3) is 0 Å². The van der Waals surface area contributed by atoms with Gasteiger partial charge in [0, 0.05) is 32.0 Å². The van der Waals surface area contributed by atoms with Gasteiger partial charge in [0.15, 0.2) is 0 Å². The molecule has 2 aromatic heterocycles. The first-order valence-corrected chi connectivity index (χ1v) is 7.23. The Kier molecular flexibility index (Phi) is 3.63. The molecule has 0 spiro atoms. The number of aromatic nitrogens is 2. The van der Waals surface area contributed by atoms with Crippen molar-refractivity contribution in [2.24, 2.45) is 0 Å². The van der Waals surface area contributed by atoms with Crippen LogP contribution < -0.4 is 0 Å². The molecule has 3 heterocycles. The van der Waals surface area contributed by atoms with Gasteiger partial charge < -0.3 is 9.15 Å². The lowest BCUT2D eigenvalue weighted by molar-refractivity contribution is 0.107. The van der Waals surface area contributed by atoms with Crippen LogP contribution in [0.2, 0.25) is 0 Å². The fraction of sp³-hybridized carbons (Fsp3) is 0.538. The Morgan fingerprint density at radius 3 is 3.05 bits per heavy atom. The molecule has 1 aliphatic rings. The summed E-state index contributed by atoms with van der Waals surface area (Å²) in [6, 6.07) is 4.39. The lowest BCUT2D eigenvalue weighted by Crippen LogP contribution is -2.24. The monoisotopic (exact) mass is 279 g/mol. The highest BCUT2D eigenvalue weighted by Crippen LogP contribution is 2.34. The molecule has 1 aliphatic heterocycles.